The Bertz CT molecular complexity index is 2200. The lowest BCUT2D eigenvalue weighted by Crippen LogP contribution is -2.59. The number of hydrogen-bond donors (Lipinski definition) is 2. The molecule has 3 aliphatic heterocycles. The average Bonchev–Trinajstić information content (AvgIpc) is 3.59. The number of nitrogens with one attached hydrogen (secondary N) is 2. The van der Waals surface area contributed by atoms with E-state index in [0.717, 1.165) is 73.8 Å². The number of anilines is 5. The maximum absolute atomic E-state index is 13.9. The summed E-state index contributed by atoms with van der Waals surface area (Å²) in [5.74, 6) is 0.415. The van der Waals surface area contributed by atoms with E-state index in [1.807, 2.05) is 31.2 Å². The van der Waals surface area contributed by atoms with E-state index in [4.69, 9.17) is 9.72 Å². The summed E-state index contributed by atoms with van der Waals surface area (Å²) in [6, 6.07) is 8.25. The van der Waals surface area contributed by atoms with Crippen LogP contribution >= 0.6 is 11.3 Å². The van der Waals surface area contributed by atoms with Crippen molar-refractivity contribution in [2.24, 2.45) is 12.5 Å². The topological polar surface area (TPSA) is 125 Å². The van der Waals surface area contributed by atoms with Crippen LogP contribution in [0.4, 0.5) is 28.7 Å². The van der Waals surface area contributed by atoms with Gasteiger partial charge in [0, 0.05) is 73.4 Å². The molecule has 12 nitrogen and oxygen atoms in total. The second kappa shape index (κ2) is 13.5. The number of benzene rings is 1. The van der Waals surface area contributed by atoms with E-state index in [-0.39, 0.29) is 34.6 Å². The monoisotopic (exact) mass is 734 g/mol. The van der Waals surface area contributed by atoms with Crippen molar-refractivity contribution in [2.75, 3.05) is 59.8 Å². The number of rotatable bonds is 8. The number of fused-ring (bicyclic) bond motifs is 3. The van der Waals surface area contributed by atoms with E-state index < -0.39 is 0 Å². The van der Waals surface area contributed by atoms with Gasteiger partial charge in [0.1, 0.15) is 5.82 Å². The van der Waals surface area contributed by atoms with Crippen LogP contribution in [-0.2, 0) is 35.8 Å². The minimum Gasteiger partial charge on any atom is -0.378 e. The van der Waals surface area contributed by atoms with Crippen LogP contribution in [0.5, 0.6) is 0 Å². The van der Waals surface area contributed by atoms with Gasteiger partial charge in [0.05, 0.1) is 41.2 Å². The summed E-state index contributed by atoms with van der Waals surface area (Å²) in [5.41, 5.74) is 6.80. The van der Waals surface area contributed by atoms with Crippen LogP contribution in [0.2, 0.25) is 0 Å². The number of aromatic nitrogens is 3. The van der Waals surface area contributed by atoms with Crippen molar-refractivity contribution in [2.45, 2.75) is 59.0 Å². The zero-order valence-corrected chi connectivity index (χ0v) is 31.8. The zero-order valence-electron chi connectivity index (χ0n) is 31.0. The van der Waals surface area contributed by atoms with E-state index in [0.29, 0.717) is 35.5 Å². The number of nitrogens with zero attached hydrogens (tertiary/aromatic N) is 6. The third kappa shape index (κ3) is 6.44. The van der Waals surface area contributed by atoms with Crippen LogP contribution in [0.1, 0.15) is 52.0 Å². The predicted molar refractivity (Wildman–Crippen MR) is 210 cm³/mol. The molecule has 4 aromatic rings. The Morgan fingerprint density at radius 3 is 2.66 bits per heavy atom. The lowest BCUT2D eigenvalue weighted by Gasteiger charge is -2.46. The molecular formula is C40H46N8O4S. The summed E-state index contributed by atoms with van der Waals surface area (Å²) in [7, 11) is 1.69. The molecule has 0 bridgehead atoms. The summed E-state index contributed by atoms with van der Waals surface area (Å²) < 4.78 is 6.92. The van der Waals surface area contributed by atoms with Gasteiger partial charge < -0.3 is 24.8 Å². The van der Waals surface area contributed by atoms with E-state index in [1.54, 1.807) is 35.7 Å². The van der Waals surface area contributed by atoms with Gasteiger partial charge in [-0.3, -0.25) is 24.2 Å². The molecule has 53 heavy (non-hydrogen) atoms. The molecule has 2 saturated heterocycles. The number of piperazine rings is 1. The number of amides is 2. The highest BCUT2D eigenvalue weighted by molar-refractivity contribution is 7.14. The average molecular weight is 735 g/mol. The second-order valence-corrected chi connectivity index (χ2v) is 16.6. The Labute approximate surface area is 313 Å². The molecule has 0 saturated carbocycles. The predicted octanol–water partition coefficient (Wildman–Crippen LogP) is 5.32. The van der Waals surface area contributed by atoms with E-state index >= 15 is 0 Å². The van der Waals surface area contributed by atoms with Crippen molar-refractivity contribution in [3.8, 4) is 11.3 Å². The van der Waals surface area contributed by atoms with Crippen molar-refractivity contribution in [3.63, 3.8) is 0 Å². The molecule has 3 aromatic heterocycles. The van der Waals surface area contributed by atoms with Gasteiger partial charge in [-0.15, -0.1) is 11.3 Å². The fourth-order valence-corrected chi connectivity index (χ4v) is 9.82. The van der Waals surface area contributed by atoms with Crippen molar-refractivity contribution in [1.29, 1.82) is 0 Å². The number of carbonyl (C=O) groups is 2. The molecule has 6 heterocycles. The Balaban J connectivity index is 1.07. The first-order valence-electron chi connectivity index (χ1n) is 18.3. The third-order valence-electron chi connectivity index (χ3n) is 11.1. The molecule has 4 aliphatic rings. The zero-order chi connectivity index (χ0) is 37.2. The minimum absolute atomic E-state index is 0.000911. The molecule has 2 amide bonds. The van der Waals surface area contributed by atoms with Crippen LogP contribution in [0, 0.1) is 12.3 Å². The molecular weight excluding hydrogens is 689 g/mol. The van der Waals surface area contributed by atoms with Gasteiger partial charge in [0.2, 0.25) is 5.91 Å². The van der Waals surface area contributed by atoms with Gasteiger partial charge in [-0.05, 0) is 80.0 Å². The first kappa shape index (κ1) is 35.2. The first-order chi connectivity index (χ1) is 25.4. The molecule has 8 rings (SSSR count). The maximum atomic E-state index is 13.9. The Morgan fingerprint density at radius 2 is 1.92 bits per heavy atom. The summed E-state index contributed by atoms with van der Waals surface area (Å²) in [5, 5.41) is 6.21. The van der Waals surface area contributed by atoms with Gasteiger partial charge in [0.15, 0.2) is 5.82 Å². The highest BCUT2D eigenvalue weighted by atomic mass is 32.1. The normalized spacial score (nSPS) is 19.8. The largest absolute Gasteiger partial charge is 0.378 e. The van der Waals surface area contributed by atoms with Crippen molar-refractivity contribution in [1.82, 2.24) is 19.4 Å². The van der Waals surface area contributed by atoms with Gasteiger partial charge in [-0.2, -0.15) is 0 Å². The quantitative estimate of drug-likeness (QED) is 0.232. The standard InChI is InChI=1S/C40H46N8O4S/c1-7-34(49)43-30-16-25(8-9-32(30)47-15-14-46(19-23(47)2)26-21-52-22-26)42-36-39(51)45(6)20-31(44-36)27-10-12-41-37(24(27)3)48-13-11-28-29-17-40(4,5)18-33(29)53-35(28)38(48)50/h7-10,12,16,20,23,26H,1,11,13-15,17-19,21-22H2,2-6H3,(H,42,44)(H,43,49). The van der Waals surface area contributed by atoms with Gasteiger partial charge in [-0.25, -0.2) is 9.97 Å². The number of thiophene rings is 1. The van der Waals surface area contributed by atoms with Crippen molar-refractivity contribution in [3.05, 3.63) is 86.1 Å². The number of ether oxygens (including phenoxy) is 1. The van der Waals surface area contributed by atoms with Crippen LogP contribution in [0.15, 0.2) is 54.1 Å². The minimum atomic E-state index is -0.322. The molecule has 1 unspecified atom stereocenters. The van der Waals surface area contributed by atoms with E-state index in [9.17, 15) is 14.4 Å². The molecule has 2 fully saturated rings. The Kier molecular flexibility index (Phi) is 8.98. The summed E-state index contributed by atoms with van der Waals surface area (Å²) in [4.78, 5) is 58.2. The van der Waals surface area contributed by atoms with E-state index in [2.05, 4.69) is 52.8 Å². The van der Waals surface area contributed by atoms with Gasteiger partial charge in [-0.1, -0.05) is 20.4 Å². The number of pyridine rings is 1. The lowest BCUT2D eigenvalue weighted by atomic mass is 9.89. The summed E-state index contributed by atoms with van der Waals surface area (Å²) in [6.45, 7) is 17.1. The van der Waals surface area contributed by atoms with Crippen molar-refractivity contribution >= 4 is 51.8 Å². The number of aryl methyl sites for hydroxylation is 1. The van der Waals surface area contributed by atoms with E-state index in [1.165, 1.54) is 26.6 Å². The number of carbonyl (C=O) groups excluding carboxylic acids is 2. The molecule has 0 radical (unpaired) electrons. The SMILES string of the molecule is C=CC(=O)Nc1cc(Nc2nc(-c3ccnc(N4CCc5c(sc6c5CC(C)(C)C6)C4=O)c3C)cn(C)c2=O)ccc1N1CCN(C2COC2)CC1C. The van der Waals surface area contributed by atoms with Gasteiger partial charge in [0.25, 0.3) is 11.5 Å². The lowest BCUT2D eigenvalue weighted by molar-refractivity contribution is -0.111. The molecule has 13 heteroatoms. The molecule has 276 valence electrons. The first-order valence-corrected chi connectivity index (χ1v) is 19.1. The third-order valence-corrected chi connectivity index (χ3v) is 12.4. The van der Waals surface area contributed by atoms with Crippen molar-refractivity contribution < 1.29 is 14.3 Å². The molecule has 1 atom stereocenters. The highest BCUT2D eigenvalue weighted by Crippen LogP contribution is 2.46. The summed E-state index contributed by atoms with van der Waals surface area (Å²) in [6.07, 6.45) is 7.49. The molecule has 0 spiro atoms. The van der Waals surface area contributed by atoms with Crippen LogP contribution in [0.3, 0.4) is 0 Å². The molecule has 1 aliphatic carbocycles. The van der Waals surface area contributed by atoms with Crippen LogP contribution in [0.25, 0.3) is 11.3 Å². The Hall–Kier alpha value is -4.85. The van der Waals surface area contributed by atoms with Crippen LogP contribution < -0.4 is 26.0 Å². The molecule has 2 N–H and O–H groups in total. The number of hydrogen-bond acceptors (Lipinski definition) is 10. The fraction of sp³-hybridized carbons (Fsp3) is 0.425. The van der Waals surface area contributed by atoms with Gasteiger partial charge >= 0.3 is 0 Å². The fourth-order valence-electron chi connectivity index (χ4n) is 8.25. The Morgan fingerprint density at radius 1 is 1.11 bits per heavy atom. The highest BCUT2D eigenvalue weighted by Gasteiger charge is 2.39. The second-order valence-electron chi connectivity index (χ2n) is 15.5. The molecule has 1 aromatic carbocycles. The summed E-state index contributed by atoms with van der Waals surface area (Å²) >= 11 is 1.65. The maximum Gasteiger partial charge on any atom is 0.293 e. The smallest absolute Gasteiger partial charge is 0.293 e. The van der Waals surface area contributed by atoms with Crippen LogP contribution in [-0.4, -0.2) is 82.7 Å².